The van der Waals surface area contributed by atoms with E-state index in [-0.39, 0.29) is 6.04 Å². The average Bonchev–Trinajstić information content (AvgIpc) is 2.74. The Morgan fingerprint density at radius 3 is 2.29 bits per heavy atom. The van der Waals surface area contributed by atoms with Crippen molar-refractivity contribution in [2.75, 3.05) is 0 Å². The molecule has 6 heteroatoms. The van der Waals surface area contributed by atoms with Crippen LogP contribution < -0.4 is 5.32 Å². The summed E-state index contributed by atoms with van der Waals surface area (Å²) < 4.78 is 37.4. The monoisotopic (exact) mass is 314 g/mol. The van der Waals surface area contributed by atoms with E-state index in [4.69, 9.17) is 0 Å². The molecule has 0 spiro atoms. The Morgan fingerprint density at radius 2 is 1.81 bits per heavy atom. The van der Waals surface area contributed by atoms with Crippen LogP contribution in [0.25, 0.3) is 0 Å². The van der Waals surface area contributed by atoms with Gasteiger partial charge in [-0.25, -0.2) is 4.98 Å². The molecule has 1 aromatic heterocycles. The van der Waals surface area contributed by atoms with Crippen LogP contribution in [0.1, 0.15) is 39.7 Å². The Labute approximate surface area is 126 Å². The van der Waals surface area contributed by atoms with Crippen molar-refractivity contribution >= 4 is 11.3 Å². The molecule has 0 aliphatic heterocycles. The number of aryl methyl sites for hydroxylation is 2. The Morgan fingerprint density at radius 1 is 1.19 bits per heavy atom. The first kappa shape index (κ1) is 16.0. The molecule has 0 aliphatic rings. The summed E-state index contributed by atoms with van der Waals surface area (Å²) in [6, 6.07) is 5.37. The van der Waals surface area contributed by atoms with Crippen LogP contribution in [0.3, 0.4) is 0 Å². The van der Waals surface area contributed by atoms with Gasteiger partial charge in [-0.3, -0.25) is 0 Å². The number of thiazole rings is 1. The molecule has 1 aromatic carbocycles. The molecule has 1 unspecified atom stereocenters. The van der Waals surface area contributed by atoms with Crippen molar-refractivity contribution in [3.8, 4) is 0 Å². The highest BCUT2D eigenvalue weighted by Gasteiger charge is 2.29. The van der Waals surface area contributed by atoms with Crippen LogP contribution in [0, 0.1) is 13.8 Å². The van der Waals surface area contributed by atoms with E-state index in [1.165, 1.54) is 17.0 Å². The lowest BCUT2D eigenvalue weighted by Crippen LogP contribution is -2.18. The van der Waals surface area contributed by atoms with E-state index in [1.54, 1.807) is 11.3 Å². The molecule has 0 aliphatic carbocycles. The molecular weight excluding hydrogens is 297 g/mol. The SMILES string of the molecule is Cc1nc(C)c(C(C)NCc2ccc(C(F)(F)F)cc2)s1. The lowest BCUT2D eigenvalue weighted by molar-refractivity contribution is -0.137. The fraction of sp³-hybridized carbons (Fsp3) is 0.400. The zero-order valence-electron chi connectivity index (χ0n) is 12.1. The van der Waals surface area contributed by atoms with Crippen molar-refractivity contribution in [1.29, 1.82) is 0 Å². The fourth-order valence-electron chi connectivity index (χ4n) is 2.12. The summed E-state index contributed by atoms with van der Waals surface area (Å²) in [5.74, 6) is 0. The van der Waals surface area contributed by atoms with E-state index in [9.17, 15) is 13.2 Å². The molecule has 2 nitrogen and oxygen atoms in total. The number of nitrogens with zero attached hydrogens (tertiary/aromatic N) is 1. The summed E-state index contributed by atoms with van der Waals surface area (Å²) in [4.78, 5) is 5.55. The molecule has 0 amide bonds. The summed E-state index contributed by atoms with van der Waals surface area (Å²) in [6.45, 7) is 6.48. The molecule has 1 heterocycles. The Balaban J connectivity index is 1.98. The van der Waals surface area contributed by atoms with E-state index < -0.39 is 11.7 Å². The van der Waals surface area contributed by atoms with Crippen LogP contribution in [0.2, 0.25) is 0 Å². The number of hydrogen-bond donors (Lipinski definition) is 1. The summed E-state index contributed by atoms with van der Waals surface area (Å²) in [5.41, 5.74) is 1.21. The maximum Gasteiger partial charge on any atom is 0.416 e. The minimum absolute atomic E-state index is 0.124. The third kappa shape index (κ3) is 4.04. The minimum atomic E-state index is -4.28. The molecule has 1 N–H and O–H groups in total. The van der Waals surface area contributed by atoms with Gasteiger partial charge in [0.25, 0.3) is 0 Å². The molecule has 2 rings (SSSR count). The molecule has 1 atom stereocenters. The van der Waals surface area contributed by atoms with Gasteiger partial charge >= 0.3 is 6.18 Å². The van der Waals surface area contributed by atoms with Gasteiger partial charge in [0.2, 0.25) is 0 Å². The molecule has 2 aromatic rings. The molecule has 0 saturated carbocycles. The first-order valence-corrected chi connectivity index (χ1v) is 7.42. The van der Waals surface area contributed by atoms with Crippen molar-refractivity contribution < 1.29 is 13.2 Å². The number of nitrogens with one attached hydrogen (secondary N) is 1. The van der Waals surface area contributed by atoms with Gasteiger partial charge in [0.15, 0.2) is 0 Å². The van der Waals surface area contributed by atoms with E-state index in [2.05, 4.69) is 10.3 Å². The molecule has 0 saturated heterocycles. The second kappa shape index (κ2) is 6.15. The summed E-state index contributed by atoms with van der Waals surface area (Å²) in [7, 11) is 0. The second-order valence-corrected chi connectivity index (χ2v) is 6.21. The Bertz CT molecular complexity index is 602. The highest BCUT2D eigenvalue weighted by Crippen LogP contribution is 2.29. The topological polar surface area (TPSA) is 24.9 Å². The van der Waals surface area contributed by atoms with E-state index in [0.717, 1.165) is 28.4 Å². The lowest BCUT2D eigenvalue weighted by atomic mass is 10.1. The predicted molar refractivity (Wildman–Crippen MR) is 78.3 cm³/mol. The highest BCUT2D eigenvalue weighted by atomic mass is 32.1. The predicted octanol–water partition coefficient (Wildman–Crippen LogP) is 4.63. The van der Waals surface area contributed by atoms with Gasteiger partial charge in [-0.05, 0) is 38.5 Å². The zero-order valence-corrected chi connectivity index (χ0v) is 12.9. The van der Waals surface area contributed by atoms with Gasteiger partial charge in [-0.2, -0.15) is 13.2 Å². The first-order chi connectivity index (χ1) is 9.77. The number of hydrogen-bond acceptors (Lipinski definition) is 3. The van der Waals surface area contributed by atoms with Crippen molar-refractivity contribution in [2.24, 2.45) is 0 Å². The van der Waals surface area contributed by atoms with Gasteiger partial charge in [-0.1, -0.05) is 12.1 Å². The third-order valence-corrected chi connectivity index (χ3v) is 4.48. The van der Waals surface area contributed by atoms with E-state index in [0.29, 0.717) is 6.54 Å². The number of halogens is 3. The number of rotatable bonds is 4. The average molecular weight is 314 g/mol. The van der Waals surface area contributed by atoms with Gasteiger partial charge in [0, 0.05) is 17.5 Å². The molecule has 0 fully saturated rings. The summed E-state index contributed by atoms with van der Waals surface area (Å²) >= 11 is 1.64. The van der Waals surface area contributed by atoms with Crippen LogP contribution >= 0.6 is 11.3 Å². The van der Waals surface area contributed by atoms with Gasteiger partial charge in [-0.15, -0.1) is 11.3 Å². The van der Waals surface area contributed by atoms with E-state index in [1.807, 2.05) is 20.8 Å². The molecular formula is C15H17F3N2S. The third-order valence-electron chi connectivity index (χ3n) is 3.23. The maximum absolute atomic E-state index is 12.5. The molecule has 114 valence electrons. The van der Waals surface area contributed by atoms with Crippen LogP contribution in [-0.2, 0) is 12.7 Å². The Kier molecular flexibility index (Phi) is 4.68. The smallest absolute Gasteiger partial charge is 0.305 e. The van der Waals surface area contributed by atoms with E-state index >= 15 is 0 Å². The van der Waals surface area contributed by atoms with Crippen molar-refractivity contribution in [3.63, 3.8) is 0 Å². The first-order valence-electron chi connectivity index (χ1n) is 6.61. The van der Waals surface area contributed by atoms with Crippen LogP contribution in [0.5, 0.6) is 0 Å². The molecule has 21 heavy (non-hydrogen) atoms. The maximum atomic E-state index is 12.5. The highest BCUT2D eigenvalue weighted by molar-refractivity contribution is 7.11. The number of aromatic nitrogens is 1. The quantitative estimate of drug-likeness (QED) is 0.890. The zero-order chi connectivity index (χ0) is 15.6. The molecule has 0 bridgehead atoms. The molecule has 0 radical (unpaired) electrons. The normalized spacial score (nSPS) is 13.4. The second-order valence-electron chi connectivity index (χ2n) is 4.98. The fourth-order valence-corrected chi connectivity index (χ4v) is 3.08. The Hall–Kier alpha value is -1.40. The van der Waals surface area contributed by atoms with Crippen molar-refractivity contribution in [3.05, 3.63) is 51.0 Å². The van der Waals surface area contributed by atoms with Crippen molar-refractivity contribution in [1.82, 2.24) is 10.3 Å². The number of benzene rings is 1. The van der Waals surface area contributed by atoms with Crippen LogP contribution in [0.15, 0.2) is 24.3 Å². The van der Waals surface area contributed by atoms with Gasteiger partial charge in [0.05, 0.1) is 16.3 Å². The minimum Gasteiger partial charge on any atom is -0.305 e. The number of alkyl halides is 3. The largest absolute Gasteiger partial charge is 0.416 e. The summed E-state index contributed by atoms with van der Waals surface area (Å²) in [5, 5.41) is 4.34. The lowest BCUT2D eigenvalue weighted by Gasteiger charge is -2.13. The van der Waals surface area contributed by atoms with Gasteiger partial charge < -0.3 is 5.32 Å². The van der Waals surface area contributed by atoms with Crippen LogP contribution in [0.4, 0.5) is 13.2 Å². The van der Waals surface area contributed by atoms with Crippen molar-refractivity contribution in [2.45, 2.75) is 39.5 Å². The summed E-state index contributed by atoms with van der Waals surface area (Å²) in [6.07, 6.45) is -4.28. The van der Waals surface area contributed by atoms with Crippen LogP contribution in [-0.4, -0.2) is 4.98 Å². The standard InChI is InChI=1S/C15H17F3N2S/c1-9(14-10(2)20-11(3)21-14)19-8-12-4-6-13(7-5-12)15(16,17)18/h4-7,9,19H,8H2,1-3H3. The van der Waals surface area contributed by atoms with Gasteiger partial charge in [0.1, 0.15) is 0 Å².